The third-order valence-corrected chi connectivity index (χ3v) is 17.2. The second-order valence-corrected chi connectivity index (χ2v) is 23.7. The number of rotatable bonds is 10. The number of carboxylic acids is 1. The summed E-state index contributed by atoms with van der Waals surface area (Å²) in [5, 5.41) is 17.2. The zero-order valence-corrected chi connectivity index (χ0v) is 46.4. The van der Waals surface area contributed by atoms with Gasteiger partial charge in [-0.3, -0.25) is 4.79 Å². The van der Waals surface area contributed by atoms with Crippen molar-refractivity contribution in [3.05, 3.63) is 161 Å². The fourth-order valence-corrected chi connectivity index (χ4v) is 13.4. The minimum atomic E-state index is -0.918. The van der Waals surface area contributed by atoms with Crippen molar-refractivity contribution in [3.63, 3.8) is 0 Å². The van der Waals surface area contributed by atoms with Crippen LogP contribution in [0.4, 0.5) is 0 Å². The molecule has 17 heteroatoms. The molecule has 10 rings (SSSR count). The van der Waals surface area contributed by atoms with Crippen LogP contribution in [0.2, 0.25) is 20.1 Å². The molecule has 0 bridgehead atoms. The van der Waals surface area contributed by atoms with Crippen molar-refractivity contribution in [2.75, 3.05) is 54.4 Å². The minimum absolute atomic E-state index is 0.0312. The fraction of sp³-hybridized carbons (Fsp3) is 0.407. The van der Waals surface area contributed by atoms with Crippen LogP contribution in [0.1, 0.15) is 75.9 Å². The first-order chi connectivity index (χ1) is 33.6. The van der Waals surface area contributed by atoms with Gasteiger partial charge in [-0.05, 0) is 141 Å². The number of nitrogens with one attached hydrogen (secondary N) is 1. The van der Waals surface area contributed by atoms with E-state index in [0.29, 0.717) is 30.2 Å². The van der Waals surface area contributed by atoms with E-state index in [2.05, 4.69) is 78.8 Å². The molecule has 2 saturated heterocycles. The van der Waals surface area contributed by atoms with Crippen LogP contribution in [0.25, 0.3) is 0 Å². The van der Waals surface area contributed by atoms with Crippen LogP contribution in [0, 0.1) is 11.8 Å². The summed E-state index contributed by atoms with van der Waals surface area (Å²) in [7, 11) is 8.15. The van der Waals surface area contributed by atoms with Gasteiger partial charge in [-0.1, -0.05) is 123 Å². The molecule has 6 aliphatic rings. The van der Waals surface area contributed by atoms with Crippen molar-refractivity contribution in [1.29, 1.82) is 0 Å². The van der Waals surface area contributed by atoms with Gasteiger partial charge >= 0.3 is 5.97 Å². The van der Waals surface area contributed by atoms with Gasteiger partial charge < -0.3 is 34.9 Å². The Morgan fingerprint density at radius 1 is 0.634 bits per heavy atom. The summed E-state index contributed by atoms with van der Waals surface area (Å²) in [6.45, 7) is 16.8. The van der Waals surface area contributed by atoms with Gasteiger partial charge in [0.2, 0.25) is 0 Å². The highest BCUT2D eigenvalue weighted by Gasteiger charge is 2.55. The number of likely N-dealkylation sites (tertiary alicyclic amines) is 2. The average Bonchev–Trinajstić information content (AvgIpc) is 4.03. The minimum Gasteiger partial charge on any atom is -0.477 e. The molecule has 4 aromatic carbocycles. The summed E-state index contributed by atoms with van der Waals surface area (Å²) in [4.78, 5) is 47.9. The average molecular weight is 1080 g/mol. The van der Waals surface area contributed by atoms with E-state index in [4.69, 9.17) is 56.4 Å². The predicted molar refractivity (Wildman–Crippen MR) is 295 cm³/mol. The summed E-state index contributed by atoms with van der Waals surface area (Å²) in [6, 6.07) is 32.0. The maximum atomic E-state index is 13.7. The Labute approximate surface area is 447 Å². The van der Waals surface area contributed by atoms with E-state index in [1.807, 2.05) is 118 Å². The smallest absolute Gasteiger partial charge is 0.344 e. The van der Waals surface area contributed by atoms with Crippen molar-refractivity contribution in [1.82, 2.24) is 29.8 Å². The van der Waals surface area contributed by atoms with Crippen molar-refractivity contribution in [3.8, 4) is 0 Å². The van der Waals surface area contributed by atoms with Crippen LogP contribution < -0.4 is 5.32 Å². The molecule has 376 valence electrons. The number of aliphatic imine (C=N–C) groups is 2. The van der Waals surface area contributed by atoms with Gasteiger partial charge in [0.25, 0.3) is 5.91 Å². The monoisotopic (exact) mass is 1070 g/mol. The number of hydrogen-bond acceptors (Lipinski definition) is 11. The molecular formula is C54H62Cl4N8O3S2. The highest BCUT2D eigenvalue weighted by atomic mass is 35.5. The molecule has 0 aliphatic carbocycles. The van der Waals surface area contributed by atoms with Gasteiger partial charge in [0.05, 0.1) is 18.1 Å². The molecule has 2 fully saturated rings. The summed E-state index contributed by atoms with van der Waals surface area (Å²) in [5.74, 6) is -0.659. The van der Waals surface area contributed by atoms with Gasteiger partial charge in [-0.2, -0.15) is 0 Å². The zero-order chi connectivity index (χ0) is 51.3. The number of thioether (sulfide) groups is 2. The highest BCUT2D eigenvalue weighted by Crippen LogP contribution is 2.58. The standard InChI is InChI=1S/C27H30Cl2N4OS.C22H20Cl2N2O2S.C5H12N2/c1-16(2)22-23(25(34)32(5)21-14-31(4)15-21)35-26-30-27(3,18-8-12-20(29)13-9-18)24(33(22)26)17-6-10-19(28)11-7-17;1-12(2)17-18(20(27)28)29-21-25-22(3,14-6-10-16(24)11-7-14)19(26(17)21)13-4-8-15(23)9-5-13;1-6-5-3-7(2)4-5/h6-13,16,21,24H,14-15H2,1-5H3;4-12,19H,1-3H3,(H,27,28);5-6H,3-4H2,1-2H3/t24-,27+;19-,22+;/m11./s1. The van der Waals surface area contributed by atoms with E-state index in [1.54, 1.807) is 0 Å². The first-order valence-electron chi connectivity index (χ1n) is 23.8. The van der Waals surface area contributed by atoms with E-state index in [-0.39, 0.29) is 35.9 Å². The molecule has 0 aromatic heterocycles. The number of benzene rings is 4. The van der Waals surface area contributed by atoms with Crippen molar-refractivity contribution in [2.45, 2.75) is 76.8 Å². The molecular weight excluding hydrogens is 1010 g/mol. The number of amidine groups is 2. The Hall–Kier alpha value is -4.02. The second-order valence-electron chi connectivity index (χ2n) is 20.0. The molecule has 0 spiro atoms. The fourth-order valence-electron chi connectivity index (χ4n) is 10.2. The summed E-state index contributed by atoms with van der Waals surface area (Å²) >= 11 is 27.4. The molecule has 6 aliphatic heterocycles. The number of carboxylic acid groups (broad SMARTS) is 1. The number of nitrogens with zero attached hydrogens (tertiary/aromatic N) is 7. The summed E-state index contributed by atoms with van der Waals surface area (Å²) in [5.41, 5.74) is 4.89. The quantitative estimate of drug-likeness (QED) is 0.159. The predicted octanol–water partition coefficient (Wildman–Crippen LogP) is 11.8. The Kier molecular flexibility index (Phi) is 16.1. The second kappa shape index (κ2) is 21.4. The molecule has 4 aromatic rings. The van der Waals surface area contributed by atoms with Crippen LogP contribution in [0.15, 0.2) is 128 Å². The number of halogens is 4. The lowest BCUT2D eigenvalue weighted by Crippen LogP contribution is -2.58. The largest absolute Gasteiger partial charge is 0.477 e. The van der Waals surface area contributed by atoms with E-state index in [1.165, 1.54) is 36.6 Å². The van der Waals surface area contributed by atoms with Gasteiger partial charge in [0.15, 0.2) is 10.3 Å². The van der Waals surface area contributed by atoms with E-state index < -0.39 is 17.0 Å². The van der Waals surface area contributed by atoms with Crippen molar-refractivity contribution < 1.29 is 14.7 Å². The van der Waals surface area contributed by atoms with Gasteiger partial charge in [0, 0.05) is 70.8 Å². The lowest BCUT2D eigenvalue weighted by atomic mass is 9.81. The van der Waals surface area contributed by atoms with Gasteiger partial charge in [-0.15, -0.1) is 0 Å². The van der Waals surface area contributed by atoms with Crippen LogP contribution in [-0.4, -0.2) is 118 Å². The number of fused-ring (bicyclic) bond motifs is 2. The molecule has 0 radical (unpaired) electrons. The number of likely N-dealkylation sites (N-methyl/N-ethyl adjacent to an activating group) is 4. The molecule has 4 atom stereocenters. The lowest BCUT2D eigenvalue weighted by molar-refractivity contribution is -0.132. The Balaban J connectivity index is 0.000000169. The number of carbonyl (C=O) groups excluding carboxylic acids is 1. The maximum absolute atomic E-state index is 13.7. The van der Waals surface area contributed by atoms with Gasteiger partial charge in [-0.25, -0.2) is 14.8 Å². The Morgan fingerprint density at radius 2 is 0.986 bits per heavy atom. The number of hydrogen-bond donors (Lipinski definition) is 2. The normalized spacial score (nSPS) is 24.2. The third-order valence-electron chi connectivity index (χ3n) is 14.1. The van der Waals surface area contributed by atoms with E-state index in [9.17, 15) is 14.7 Å². The van der Waals surface area contributed by atoms with E-state index in [0.717, 1.165) is 62.9 Å². The first-order valence-corrected chi connectivity index (χ1v) is 27.0. The maximum Gasteiger partial charge on any atom is 0.344 e. The molecule has 71 heavy (non-hydrogen) atoms. The SMILES string of the molecule is CC(C)C1=C(C(=O)N(C)C2CN(C)C2)SC2=N[C@@](C)(c3ccc(Cl)cc3)[C@@H](c3ccc(Cl)cc3)N21.CC(C)C1=C(C(=O)O)SC2=N[C@@](C)(c3ccc(Cl)cc3)[C@@H](c3ccc(Cl)cc3)N21.CNC1CN(C)C1. The number of aliphatic carboxylic acids is 1. The molecule has 0 unspecified atom stereocenters. The van der Waals surface area contributed by atoms with Crippen LogP contribution in [-0.2, 0) is 20.7 Å². The third kappa shape index (κ3) is 10.6. The lowest BCUT2D eigenvalue weighted by Gasteiger charge is -2.42. The molecule has 1 amide bonds. The topological polar surface area (TPSA) is 107 Å². The Morgan fingerprint density at radius 3 is 1.31 bits per heavy atom. The van der Waals surface area contributed by atoms with Crippen LogP contribution >= 0.6 is 69.9 Å². The Bertz CT molecular complexity index is 2760. The highest BCUT2D eigenvalue weighted by molar-refractivity contribution is 8.18. The molecule has 2 N–H and O–H groups in total. The van der Waals surface area contributed by atoms with E-state index >= 15 is 0 Å². The number of allylic oxidation sites excluding steroid dienone is 2. The van der Waals surface area contributed by atoms with Crippen molar-refractivity contribution >= 4 is 92.1 Å². The molecule has 0 saturated carbocycles. The summed E-state index contributed by atoms with van der Waals surface area (Å²) in [6.07, 6.45) is 0. The van der Waals surface area contributed by atoms with Gasteiger partial charge in [0.1, 0.15) is 20.9 Å². The zero-order valence-electron chi connectivity index (χ0n) is 41.8. The summed E-state index contributed by atoms with van der Waals surface area (Å²) < 4.78 is 0. The first kappa shape index (κ1) is 53.3. The molecule has 11 nitrogen and oxygen atoms in total. The number of amides is 1. The molecule has 6 heterocycles. The van der Waals surface area contributed by atoms with Crippen molar-refractivity contribution in [2.24, 2.45) is 21.8 Å². The number of carbonyl (C=O) groups is 2. The van der Waals surface area contributed by atoms with Crippen LogP contribution in [0.5, 0.6) is 0 Å². The van der Waals surface area contributed by atoms with Crippen LogP contribution in [0.3, 0.4) is 0 Å².